The van der Waals surface area contributed by atoms with Crippen LogP contribution in [0.5, 0.6) is 0 Å². The highest BCUT2D eigenvalue weighted by atomic mass is 32.2. The van der Waals surface area contributed by atoms with Crippen LogP contribution in [-0.2, 0) is 13.0 Å². The fourth-order valence-electron chi connectivity index (χ4n) is 3.37. The molecule has 3 nitrogen and oxygen atoms in total. The Labute approximate surface area is 143 Å². The number of fused-ring (bicyclic) bond motifs is 3. The van der Waals surface area contributed by atoms with Gasteiger partial charge in [0, 0.05) is 41.5 Å². The van der Waals surface area contributed by atoms with E-state index < -0.39 is 0 Å². The Morgan fingerprint density at radius 3 is 3.04 bits per heavy atom. The van der Waals surface area contributed by atoms with Gasteiger partial charge in [0.25, 0.3) is 0 Å². The van der Waals surface area contributed by atoms with Gasteiger partial charge in [-0.1, -0.05) is 36.0 Å². The van der Waals surface area contributed by atoms with Crippen molar-refractivity contribution in [1.29, 1.82) is 0 Å². The quantitative estimate of drug-likeness (QED) is 0.656. The minimum Gasteiger partial charge on any atom is -0.343 e. The number of amidine groups is 1. The molecule has 0 aliphatic carbocycles. The number of thioether (sulfide) groups is 1. The molecule has 114 valence electrons. The van der Waals surface area contributed by atoms with Crippen molar-refractivity contribution in [3.63, 3.8) is 0 Å². The van der Waals surface area contributed by atoms with E-state index in [2.05, 4.69) is 45.6 Å². The Morgan fingerprint density at radius 1 is 1.17 bits per heavy atom. The van der Waals surface area contributed by atoms with E-state index in [1.54, 1.807) is 11.3 Å². The van der Waals surface area contributed by atoms with Crippen molar-refractivity contribution in [2.24, 2.45) is 4.99 Å². The summed E-state index contributed by atoms with van der Waals surface area (Å²) in [5.74, 6) is 1.14. The number of hydrogen-bond acceptors (Lipinski definition) is 4. The molecule has 0 unspecified atom stereocenters. The fourth-order valence-corrected chi connectivity index (χ4v) is 5.39. The molecule has 2 aromatic heterocycles. The first kappa shape index (κ1) is 13.6. The van der Waals surface area contributed by atoms with Gasteiger partial charge in [0.1, 0.15) is 0 Å². The van der Waals surface area contributed by atoms with E-state index >= 15 is 0 Å². The van der Waals surface area contributed by atoms with Gasteiger partial charge in [0.2, 0.25) is 0 Å². The second-order valence-corrected chi connectivity index (χ2v) is 7.85. The minimum absolute atomic E-state index is 0.584. The number of nitrogens with zero attached hydrogens (tertiary/aromatic N) is 3. The van der Waals surface area contributed by atoms with Crippen LogP contribution in [-0.4, -0.2) is 26.8 Å². The number of hydrogen-bond donors (Lipinski definition) is 0. The summed E-state index contributed by atoms with van der Waals surface area (Å²) < 4.78 is 1.20. The molecule has 1 atom stereocenters. The summed E-state index contributed by atoms with van der Waals surface area (Å²) in [6.45, 7) is 0.982. The lowest BCUT2D eigenvalue weighted by atomic mass is 9.95. The van der Waals surface area contributed by atoms with Crippen LogP contribution in [0.1, 0.15) is 11.1 Å². The van der Waals surface area contributed by atoms with Gasteiger partial charge in [-0.3, -0.25) is 4.98 Å². The van der Waals surface area contributed by atoms with Crippen molar-refractivity contribution in [1.82, 2.24) is 9.88 Å². The zero-order chi connectivity index (χ0) is 15.2. The predicted octanol–water partition coefficient (Wildman–Crippen LogP) is 4.46. The van der Waals surface area contributed by atoms with Crippen LogP contribution in [0.25, 0.3) is 10.1 Å². The number of benzene rings is 1. The predicted molar refractivity (Wildman–Crippen MR) is 98.7 cm³/mol. The first-order valence-electron chi connectivity index (χ1n) is 7.74. The largest absolute Gasteiger partial charge is 0.343 e. The average Bonchev–Trinajstić information content (AvgIpc) is 3.18. The van der Waals surface area contributed by atoms with Crippen LogP contribution >= 0.6 is 23.1 Å². The van der Waals surface area contributed by atoms with Crippen LogP contribution in [0.15, 0.2) is 53.1 Å². The van der Waals surface area contributed by atoms with Crippen molar-refractivity contribution < 1.29 is 0 Å². The van der Waals surface area contributed by atoms with Crippen LogP contribution < -0.4 is 0 Å². The molecule has 0 saturated carbocycles. The highest BCUT2D eigenvalue weighted by Crippen LogP contribution is 2.37. The number of aliphatic imine (C=N–C) groups is 1. The second-order valence-electron chi connectivity index (χ2n) is 5.95. The molecule has 5 heteroatoms. The summed E-state index contributed by atoms with van der Waals surface area (Å²) in [5, 5.41) is 4.52. The molecule has 3 aromatic rings. The summed E-state index contributed by atoms with van der Waals surface area (Å²) >= 11 is 3.61. The molecule has 0 N–H and O–H groups in total. The maximum Gasteiger partial charge on any atom is 0.165 e. The number of pyridine rings is 1. The maximum absolute atomic E-state index is 4.99. The maximum atomic E-state index is 4.99. The summed E-state index contributed by atoms with van der Waals surface area (Å²) in [7, 11) is 0. The zero-order valence-corrected chi connectivity index (χ0v) is 14.1. The van der Waals surface area contributed by atoms with E-state index in [1.165, 1.54) is 26.4 Å². The summed E-state index contributed by atoms with van der Waals surface area (Å²) in [6, 6.07) is 11.5. The van der Waals surface area contributed by atoms with Gasteiger partial charge in [0.05, 0.1) is 10.4 Å². The molecule has 0 spiro atoms. The second kappa shape index (κ2) is 5.35. The standard InChI is InChI=1S/C18H15N3S2/c1-2-4-13-9-21-14(7-12(13)3-1)10-23-18(21)20-16-11-22-17-8-19-6-5-15(16)17/h1-6,8,11,14H,7,9-10H2/t14-/m0/s1. The molecule has 0 bridgehead atoms. The SMILES string of the molecule is c1ccc2c(c1)C[C@H]1CSC(=Nc3csc4cnccc34)N1C2. The normalized spacial score (nSPS) is 21.7. The van der Waals surface area contributed by atoms with Gasteiger partial charge in [-0.2, -0.15) is 0 Å². The van der Waals surface area contributed by atoms with Crippen molar-refractivity contribution in [2.45, 2.75) is 19.0 Å². The van der Waals surface area contributed by atoms with Gasteiger partial charge in [-0.15, -0.1) is 11.3 Å². The van der Waals surface area contributed by atoms with Gasteiger partial charge in [-0.05, 0) is 23.6 Å². The molecular weight excluding hydrogens is 322 g/mol. The third-order valence-electron chi connectivity index (χ3n) is 4.58. The van der Waals surface area contributed by atoms with Crippen LogP contribution in [0.4, 0.5) is 5.69 Å². The van der Waals surface area contributed by atoms with E-state index in [9.17, 15) is 0 Å². The Morgan fingerprint density at radius 2 is 2.09 bits per heavy atom. The van der Waals surface area contributed by atoms with E-state index in [0.29, 0.717) is 6.04 Å². The van der Waals surface area contributed by atoms with Crippen LogP contribution in [0.2, 0.25) is 0 Å². The molecule has 1 fully saturated rings. The van der Waals surface area contributed by atoms with Crippen molar-refractivity contribution in [3.05, 3.63) is 59.2 Å². The van der Waals surface area contributed by atoms with Crippen molar-refractivity contribution in [3.8, 4) is 0 Å². The molecule has 1 saturated heterocycles. The summed E-state index contributed by atoms with van der Waals surface area (Å²) in [6.07, 6.45) is 4.91. The molecule has 0 radical (unpaired) electrons. The van der Waals surface area contributed by atoms with Crippen molar-refractivity contribution >= 4 is 44.0 Å². The summed E-state index contributed by atoms with van der Waals surface area (Å²) in [5.41, 5.74) is 4.02. The molecule has 5 rings (SSSR count). The lowest BCUT2D eigenvalue weighted by Crippen LogP contribution is -2.38. The summed E-state index contributed by atoms with van der Waals surface area (Å²) in [4.78, 5) is 11.7. The Balaban J connectivity index is 1.53. The van der Waals surface area contributed by atoms with Gasteiger partial charge < -0.3 is 4.90 Å². The fraction of sp³-hybridized carbons (Fsp3) is 0.222. The van der Waals surface area contributed by atoms with Crippen molar-refractivity contribution in [2.75, 3.05) is 5.75 Å². The highest BCUT2D eigenvalue weighted by Gasteiger charge is 2.34. The lowest BCUT2D eigenvalue weighted by Gasteiger charge is -2.32. The third-order valence-corrected chi connectivity index (χ3v) is 6.64. The molecule has 0 amide bonds. The van der Waals surface area contributed by atoms with Gasteiger partial charge >= 0.3 is 0 Å². The Bertz CT molecular complexity index is 915. The monoisotopic (exact) mass is 337 g/mol. The van der Waals surface area contributed by atoms with E-state index in [0.717, 1.165) is 24.4 Å². The first-order chi connectivity index (χ1) is 11.4. The molecule has 2 aliphatic rings. The van der Waals surface area contributed by atoms with E-state index in [1.807, 2.05) is 24.2 Å². The minimum atomic E-state index is 0.584. The lowest BCUT2D eigenvalue weighted by molar-refractivity contribution is 0.320. The Hall–Kier alpha value is -1.85. The number of thiophene rings is 1. The molecule has 23 heavy (non-hydrogen) atoms. The molecule has 2 aliphatic heterocycles. The van der Waals surface area contributed by atoms with Gasteiger partial charge in [0.15, 0.2) is 5.17 Å². The number of aromatic nitrogens is 1. The number of rotatable bonds is 1. The zero-order valence-electron chi connectivity index (χ0n) is 12.5. The molecule has 1 aromatic carbocycles. The average molecular weight is 337 g/mol. The topological polar surface area (TPSA) is 28.5 Å². The smallest absolute Gasteiger partial charge is 0.165 e. The Kier molecular flexibility index (Phi) is 3.16. The highest BCUT2D eigenvalue weighted by molar-refractivity contribution is 8.14. The molecular formula is C18H15N3S2. The van der Waals surface area contributed by atoms with E-state index in [-0.39, 0.29) is 0 Å². The van der Waals surface area contributed by atoms with Crippen LogP contribution in [0.3, 0.4) is 0 Å². The van der Waals surface area contributed by atoms with E-state index in [4.69, 9.17) is 4.99 Å². The van der Waals surface area contributed by atoms with Crippen LogP contribution in [0, 0.1) is 0 Å². The molecule has 4 heterocycles. The first-order valence-corrected chi connectivity index (χ1v) is 9.61. The third kappa shape index (κ3) is 2.26. The van der Waals surface area contributed by atoms with Gasteiger partial charge in [-0.25, -0.2) is 4.99 Å².